The monoisotopic (exact) mass is 389 g/mol. The Morgan fingerprint density at radius 1 is 1.07 bits per heavy atom. The largest absolute Gasteiger partial charge is 0.448 e. The minimum absolute atomic E-state index is 0.000277. The summed E-state index contributed by atoms with van der Waals surface area (Å²) in [5, 5.41) is 0. The van der Waals surface area contributed by atoms with E-state index < -0.39 is 0 Å². The predicted octanol–water partition coefficient (Wildman–Crippen LogP) is 5.14. The topological polar surface area (TPSA) is 38.8 Å². The Balaban J connectivity index is 1.34. The van der Waals surface area contributed by atoms with Crippen molar-refractivity contribution in [1.29, 1.82) is 0 Å². The number of ether oxygens (including phenoxy) is 2. The van der Waals surface area contributed by atoms with E-state index in [1.165, 1.54) is 27.8 Å². The second-order valence-electron chi connectivity index (χ2n) is 8.25. The molecule has 3 aliphatic rings. The summed E-state index contributed by atoms with van der Waals surface area (Å²) in [5.41, 5.74) is 6.44. The zero-order valence-electron chi connectivity index (χ0n) is 16.8. The minimum Gasteiger partial charge on any atom is -0.448 e. The van der Waals surface area contributed by atoms with Crippen molar-refractivity contribution in [2.45, 2.75) is 44.2 Å². The van der Waals surface area contributed by atoms with Gasteiger partial charge in [-0.05, 0) is 35.1 Å². The lowest BCUT2D eigenvalue weighted by Gasteiger charge is -2.44. The zero-order valence-corrected chi connectivity index (χ0v) is 16.8. The van der Waals surface area contributed by atoms with Crippen molar-refractivity contribution in [3.8, 4) is 11.1 Å². The van der Waals surface area contributed by atoms with Gasteiger partial charge in [-0.25, -0.2) is 4.79 Å². The van der Waals surface area contributed by atoms with E-state index in [1.54, 1.807) is 0 Å². The lowest BCUT2D eigenvalue weighted by Crippen LogP contribution is -2.56. The van der Waals surface area contributed by atoms with Crippen LogP contribution in [0.1, 0.15) is 43.2 Å². The van der Waals surface area contributed by atoms with E-state index in [9.17, 15) is 4.79 Å². The molecule has 1 saturated heterocycles. The molecular weight excluding hydrogens is 362 g/mol. The summed E-state index contributed by atoms with van der Waals surface area (Å²) >= 11 is 0. The molecule has 4 heteroatoms. The molecule has 2 bridgehead atoms. The van der Waals surface area contributed by atoms with E-state index in [-0.39, 0.29) is 24.1 Å². The van der Waals surface area contributed by atoms with Gasteiger partial charge in [0.1, 0.15) is 6.61 Å². The number of hydrogen-bond acceptors (Lipinski definition) is 3. The predicted molar refractivity (Wildman–Crippen MR) is 113 cm³/mol. The van der Waals surface area contributed by atoms with E-state index in [0.717, 1.165) is 19.3 Å². The summed E-state index contributed by atoms with van der Waals surface area (Å²) in [6, 6.07) is 17.0. The number of amides is 1. The number of benzene rings is 2. The average molecular weight is 389 g/mol. The molecule has 0 radical (unpaired) electrons. The summed E-state index contributed by atoms with van der Waals surface area (Å²) < 4.78 is 11.6. The van der Waals surface area contributed by atoms with Crippen LogP contribution >= 0.6 is 0 Å². The van der Waals surface area contributed by atoms with Gasteiger partial charge in [0.2, 0.25) is 0 Å². The van der Waals surface area contributed by atoms with Crippen LogP contribution in [0.5, 0.6) is 0 Å². The first-order valence-corrected chi connectivity index (χ1v) is 10.7. The van der Waals surface area contributed by atoms with Gasteiger partial charge in [-0.2, -0.15) is 0 Å². The third kappa shape index (κ3) is 3.25. The smallest absolute Gasteiger partial charge is 0.410 e. The van der Waals surface area contributed by atoms with Crippen LogP contribution in [-0.4, -0.2) is 42.9 Å². The maximum absolute atomic E-state index is 13.1. The maximum Gasteiger partial charge on any atom is 0.410 e. The standard InChI is InChI=1S/C25H27NO3/c1-2-7-17-12-18-14-28-15-19(13-17)26(18)25(27)29-16-24-22-10-5-3-8-20(22)21-9-4-6-11-23(21)24/h3-6,8-12,18-19,24H,2,7,13-16H2,1H3. The van der Waals surface area contributed by atoms with Crippen molar-refractivity contribution in [2.24, 2.45) is 0 Å². The second kappa shape index (κ2) is 7.68. The summed E-state index contributed by atoms with van der Waals surface area (Å²) in [7, 11) is 0. The molecule has 2 aromatic carbocycles. The molecule has 5 rings (SSSR count). The molecule has 29 heavy (non-hydrogen) atoms. The number of carbonyl (C=O) groups is 1. The van der Waals surface area contributed by atoms with E-state index in [0.29, 0.717) is 19.8 Å². The molecule has 2 atom stereocenters. The van der Waals surface area contributed by atoms with E-state index >= 15 is 0 Å². The molecule has 0 N–H and O–H groups in total. The second-order valence-corrected chi connectivity index (χ2v) is 8.25. The lowest BCUT2D eigenvalue weighted by atomic mass is 9.92. The number of fused-ring (bicyclic) bond motifs is 5. The normalized spacial score (nSPS) is 22.7. The third-order valence-corrected chi connectivity index (χ3v) is 6.39. The SMILES string of the molecule is CCCC1=CC2COCC(C1)N2C(=O)OCC1c2ccccc2-c2ccccc21. The molecule has 1 fully saturated rings. The summed E-state index contributed by atoms with van der Waals surface area (Å²) in [5.74, 6) is 0.0958. The van der Waals surface area contributed by atoms with Gasteiger partial charge in [0, 0.05) is 5.92 Å². The van der Waals surface area contributed by atoms with Gasteiger partial charge in [-0.15, -0.1) is 0 Å². The van der Waals surface area contributed by atoms with Crippen LogP contribution in [0.2, 0.25) is 0 Å². The molecule has 0 spiro atoms. The van der Waals surface area contributed by atoms with Crippen LogP contribution < -0.4 is 0 Å². The Morgan fingerprint density at radius 2 is 1.76 bits per heavy atom. The van der Waals surface area contributed by atoms with Crippen LogP contribution in [-0.2, 0) is 9.47 Å². The van der Waals surface area contributed by atoms with Crippen molar-refractivity contribution in [3.05, 3.63) is 71.3 Å². The molecule has 0 saturated carbocycles. The molecule has 2 aliphatic heterocycles. The molecule has 2 heterocycles. The van der Waals surface area contributed by atoms with E-state index in [1.807, 2.05) is 4.90 Å². The van der Waals surface area contributed by atoms with Gasteiger partial charge in [0.15, 0.2) is 0 Å². The van der Waals surface area contributed by atoms with Gasteiger partial charge >= 0.3 is 6.09 Å². The molecule has 1 aliphatic carbocycles. The van der Waals surface area contributed by atoms with Gasteiger partial charge in [-0.1, -0.05) is 73.5 Å². The number of nitrogens with zero attached hydrogens (tertiary/aromatic N) is 1. The fourth-order valence-electron chi connectivity index (χ4n) is 5.14. The Hall–Kier alpha value is -2.59. The Labute approximate surface area is 172 Å². The van der Waals surface area contributed by atoms with Crippen molar-refractivity contribution in [2.75, 3.05) is 19.8 Å². The summed E-state index contributed by atoms with van der Waals surface area (Å²) in [6.07, 6.45) is 5.15. The average Bonchev–Trinajstić information content (AvgIpc) is 3.05. The van der Waals surface area contributed by atoms with E-state index in [2.05, 4.69) is 61.5 Å². The van der Waals surface area contributed by atoms with Crippen LogP contribution in [0.25, 0.3) is 11.1 Å². The molecule has 2 aromatic rings. The minimum atomic E-state index is -0.211. The van der Waals surface area contributed by atoms with Gasteiger partial charge in [0.05, 0.1) is 25.3 Å². The summed E-state index contributed by atoms with van der Waals surface area (Å²) in [4.78, 5) is 15.0. The zero-order chi connectivity index (χ0) is 19.8. The Kier molecular flexibility index (Phi) is 4.88. The van der Waals surface area contributed by atoms with Crippen LogP contribution in [0.4, 0.5) is 4.79 Å². The highest BCUT2D eigenvalue weighted by Crippen LogP contribution is 2.44. The fourth-order valence-corrected chi connectivity index (χ4v) is 5.14. The number of morpholine rings is 1. The summed E-state index contributed by atoms with van der Waals surface area (Å²) in [6.45, 7) is 3.73. The first kappa shape index (κ1) is 18.4. The maximum atomic E-state index is 13.1. The molecule has 150 valence electrons. The Bertz CT molecular complexity index is 905. The van der Waals surface area contributed by atoms with Crippen LogP contribution in [0.15, 0.2) is 60.2 Å². The highest BCUT2D eigenvalue weighted by atomic mass is 16.6. The van der Waals surface area contributed by atoms with Crippen molar-refractivity contribution < 1.29 is 14.3 Å². The van der Waals surface area contributed by atoms with Crippen molar-refractivity contribution in [3.63, 3.8) is 0 Å². The molecule has 0 aromatic heterocycles. The first-order chi connectivity index (χ1) is 14.3. The quantitative estimate of drug-likeness (QED) is 0.680. The lowest BCUT2D eigenvalue weighted by molar-refractivity contribution is -0.0365. The molecular formula is C25H27NO3. The van der Waals surface area contributed by atoms with Crippen molar-refractivity contribution >= 4 is 6.09 Å². The number of hydrogen-bond donors (Lipinski definition) is 0. The van der Waals surface area contributed by atoms with Gasteiger partial charge in [0.25, 0.3) is 0 Å². The molecule has 4 nitrogen and oxygen atoms in total. The molecule has 2 unspecified atom stereocenters. The highest BCUT2D eigenvalue weighted by Gasteiger charge is 2.39. The third-order valence-electron chi connectivity index (χ3n) is 6.39. The molecule has 1 amide bonds. The van der Waals surface area contributed by atoms with E-state index in [4.69, 9.17) is 9.47 Å². The fraction of sp³-hybridized carbons (Fsp3) is 0.400. The number of carbonyl (C=O) groups excluding carboxylic acids is 1. The van der Waals surface area contributed by atoms with Crippen molar-refractivity contribution in [1.82, 2.24) is 4.90 Å². The van der Waals surface area contributed by atoms with Crippen LogP contribution in [0, 0.1) is 0 Å². The number of rotatable bonds is 4. The first-order valence-electron chi connectivity index (χ1n) is 10.7. The Morgan fingerprint density at radius 3 is 2.41 bits per heavy atom. The van der Waals surface area contributed by atoms with Gasteiger partial charge in [-0.3, -0.25) is 4.90 Å². The van der Waals surface area contributed by atoms with Gasteiger partial charge < -0.3 is 9.47 Å². The van der Waals surface area contributed by atoms with Crippen LogP contribution in [0.3, 0.4) is 0 Å². The highest BCUT2D eigenvalue weighted by molar-refractivity contribution is 5.79.